The van der Waals surface area contributed by atoms with Crippen LogP contribution in [0.3, 0.4) is 0 Å². The van der Waals surface area contributed by atoms with Gasteiger partial charge >= 0.3 is 5.97 Å². The number of nitrogens with one attached hydrogen (secondary N) is 2. The van der Waals surface area contributed by atoms with E-state index in [0.29, 0.717) is 12.1 Å². The largest absolute Gasteiger partial charge is 0.480 e. The highest BCUT2D eigenvalue weighted by molar-refractivity contribution is 6.02. The van der Waals surface area contributed by atoms with Crippen LogP contribution in [0.4, 0.5) is 5.69 Å². The van der Waals surface area contributed by atoms with Gasteiger partial charge in [-0.2, -0.15) is 0 Å². The van der Waals surface area contributed by atoms with Crippen LogP contribution >= 0.6 is 0 Å². The number of hydrogen-bond donors (Lipinski definition) is 2. The van der Waals surface area contributed by atoms with Crippen molar-refractivity contribution in [3.8, 4) is 5.75 Å². The zero-order valence-corrected chi connectivity index (χ0v) is 12.3. The second-order valence-corrected chi connectivity index (χ2v) is 5.14. The van der Waals surface area contributed by atoms with E-state index in [-0.39, 0.29) is 11.6 Å². The molecule has 6 heteroatoms. The lowest BCUT2D eigenvalue weighted by Gasteiger charge is -2.11. The summed E-state index contributed by atoms with van der Waals surface area (Å²) in [6.45, 7) is 1.80. The molecule has 0 saturated carbocycles. The van der Waals surface area contributed by atoms with Gasteiger partial charge in [0.05, 0.1) is 12.8 Å². The Morgan fingerprint density at radius 1 is 1.36 bits per heavy atom. The standard InChI is InChI=1S/C16H16N2O4/c1-9-7-11(14(17-9)16(20)21-2)18-15(19)13-8-10-5-3-4-6-12(10)22-13/h3-7,13,17H,8H2,1-2H3,(H,18,19)/t13-/m0/s1. The summed E-state index contributed by atoms with van der Waals surface area (Å²) in [6.07, 6.45) is -0.0861. The van der Waals surface area contributed by atoms with Crippen molar-refractivity contribution in [2.24, 2.45) is 0 Å². The van der Waals surface area contributed by atoms with E-state index in [1.807, 2.05) is 24.3 Å². The first-order chi connectivity index (χ1) is 10.6. The minimum absolute atomic E-state index is 0.226. The number of esters is 1. The van der Waals surface area contributed by atoms with Gasteiger partial charge in [0.25, 0.3) is 5.91 Å². The van der Waals surface area contributed by atoms with Gasteiger partial charge in [-0.1, -0.05) is 18.2 Å². The Labute approximate surface area is 127 Å². The molecular formula is C16H16N2O4. The van der Waals surface area contributed by atoms with Crippen LogP contribution in [0.25, 0.3) is 0 Å². The number of fused-ring (bicyclic) bond motifs is 1. The topological polar surface area (TPSA) is 80.4 Å². The highest BCUT2D eigenvalue weighted by atomic mass is 16.5. The Hall–Kier alpha value is -2.76. The zero-order valence-electron chi connectivity index (χ0n) is 12.3. The number of H-pyrrole nitrogens is 1. The lowest BCUT2D eigenvalue weighted by molar-refractivity contribution is -0.122. The third kappa shape index (κ3) is 2.55. The van der Waals surface area contributed by atoms with Crippen LogP contribution in [0.1, 0.15) is 21.7 Å². The fraction of sp³-hybridized carbons (Fsp3) is 0.250. The van der Waals surface area contributed by atoms with Crippen molar-refractivity contribution in [1.82, 2.24) is 4.98 Å². The summed E-state index contributed by atoms with van der Waals surface area (Å²) in [5.74, 6) is -0.0968. The molecule has 1 aromatic heterocycles. The molecule has 1 aromatic carbocycles. The van der Waals surface area contributed by atoms with E-state index in [1.165, 1.54) is 7.11 Å². The SMILES string of the molecule is COC(=O)c1[nH]c(C)cc1NC(=O)[C@@H]1Cc2ccccc2O1. The van der Waals surface area contributed by atoms with Crippen LogP contribution in [0.2, 0.25) is 0 Å². The summed E-state index contributed by atoms with van der Waals surface area (Å²) in [4.78, 5) is 26.9. The normalized spacial score (nSPS) is 15.8. The Balaban J connectivity index is 1.75. The van der Waals surface area contributed by atoms with E-state index >= 15 is 0 Å². The molecule has 22 heavy (non-hydrogen) atoms. The van der Waals surface area contributed by atoms with Crippen LogP contribution in [-0.2, 0) is 16.0 Å². The van der Waals surface area contributed by atoms with Gasteiger partial charge in [0.15, 0.2) is 6.10 Å². The van der Waals surface area contributed by atoms with Gasteiger partial charge < -0.3 is 19.8 Å². The first-order valence-electron chi connectivity index (χ1n) is 6.92. The van der Waals surface area contributed by atoms with Crippen molar-refractivity contribution in [2.75, 3.05) is 12.4 Å². The fourth-order valence-electron chi connectivity index (χ4n) is 2.49. The second-order valence-electron chi connectivity index (χ2n) is 5.14. The number of rotatable bonds is 3. The summed E-state index contributed by atoms with van der Waals surface area (Å²) in [5.41, 5.74) is 2.38. The molecule has 3 rings (SSSR count). The van der Waals surface area contributed by atoms with Crippen molar-refractivity contribution in [2.45, 2.75) is 19.4 Å². The minimum Gasteiger partial charge on any atom is -0.480 e. The van der Waals surface area contributed by atoms with Crippen molar-refractivity contribution in [3.63, 3.8) is 0 Å². The molecule has 1 aliphatic rings. The molecule has 0 unspecified atom stereocenters. The molecule has 0 aliphatic carbocycles. The van der Waals surface area contributed by atoms with Gasteiger partial charge in [-0.05, 0) is 24.6 Å². The molecule has 1 amide bonds. The molecule has 0 saturated heterocycles. The van der Waals surface area contributed by atoms with Gasteiger partial charge in [0.1, 0.15) is 11.4 Å². The molecule has 0 radical (unpaired) electrons. The molecule has 0 spiro atoms. The third-order valence-electron chi connectivity index (χ3n) is 3.54. The molecule has 6 nitrogen and oxygen atoms in total. The average Bonchev–Trinajstić information content (AvgIpc) is 3.09. The number of aromatic nitrogens is 1. The van der Waals surface area contributed by atoms with Crippen molar-refractivity contribution >= 4 is 17.6 Å². The maximum Gasteiger partial charge on any atom is 0.356 e. The van der Waals surface area contributed by atoms with Crippen LogP contribution in [0.15, 0.2) is 30.3 Å². The molecule has 1 atom stereocenters. The predicted molar refractivity (Wildman–Crippen MR) is 80.1 cm³/mol. The van der Waals surface area contributed by atoms with E-state index in [4.69, 9.17) is 9.47 Å². The number of carbonyl (C=O) groups excluding carboxylic acids is 2. The van der Waals surface area contributed by atoms with Crippen LogP contribution in [-0.4, -0.2) is 30.1 Å². The lowest BCUT2D eigenvalue weighted by Crippen LogP contribution is -2.31. The van der Waals surface area contributed by atoms with Gasteiger partial charge in [0, 0.05) is 12.1 Å². The van der Waals surface area contributed by atoms with E-state index < -0.39 is 12.1 Å². The number of ether oxygens (including phenoxy) is 2. The van der Waals surface area contributed by atoms with Crippen molar-refractivity contribution < 1.29 is 19.1 Å². The summed E-state index contributed by atoms with van der Waals surface area (Å²) in [6, 6.07) is 9.23. The first-order valence-corrected chi connectivity index (χ1v) is 6.92. The van der Waals surface area contributed by atoms with E-state index in [2.05, 4.69) is 10.3 Å². The monoisotopic (exact) mass is 300 g/mol. The molecule has 1 aliphatic heterocycles. The number of hydrogen-bond acceptors (Lipinski definition) is 4. The summed E-state index contributed by atoms with van der Waals surface area (Å²) in [7, 11) is 1.29. The maximum absolute atomic E-state index is 12.4. The highest BCUT2D eigenvalue weighted by Gasteiger charge is 2.30. The predicted octanol–water partition coefficient (Wildman–Crippen LogP) is 2.05. The van der Waals surface area contributed by atoms with Gasteiger partial charge in [-0.15, -0.1) is 0 Å². The quantitative estimate of drug-likeness (QED) is 0.850. The number of aromatic amines is 1. The van der Waals surface area contributed by atoms with Crippen molar-refractivity contribution in [3.05, 3.63) is 47.3 Å². The molecule has 2 heterocycles. The van der Waals surface area contributed by atoms with Gasteiger partial charge in [0.2, 0.25) is 0 Å². The Kier molecular flexibility index (Phi) is 3.58. The zero-order chi connectivity index (χ0) is 15.7. The maximum atomic E-state index is 12.4. The second kappa shape index (κ2) is 5.55. The third-order valence-corrected chi connectivity index (χ3v) is 3.54. The molecule has 2 aromatic rings. The fourth-order valence-corrected chi connectivity index (χ4v) is 2.49. The first kappa shape index (κ1) is 14.2. The number of para-hydroxylation sites is 1. The average molecular weight is 300 g/mol. The van der Waals surface area contributed by atoms with E-state index in [9.17, 15) is 9.59 Å². The number of anilines is 1. The van der Waals surface area contributed by atoms with Gasteiger partial charge in [-0.3, -0.25) is 4.79 Å². The number of methoxy groups -OCH3 is 1. The highest BCUT2D eigenvalue weighted by Crippen LogP contribution is 2.29. The minimum atomic E-state index is -0.599. The number of benzene rings is 1. The Morgan fingerprint density at radius 2 is 2.14 bits per heavy atom. The van der Waals surface area contributed by atoms with Crippen LogP contribution in [0.5, 0.6) is 5.75 Å². The molecule has 114 valence electrons. The smallest absolute Gasteiger partial charge is 0.356 e. The number of carbonyl (C=O) groups is 2. The van der Waals surface area contributed by atoms with Crippen LogP contribution in [0, 0.1) is 6.92 Å². The molecule has 0 fully saturated rings. The van der Waals surface area contributed by atoms with E-state index in [1.54, 1.807) is 13.0 Å². The summed E-state index contributed by atoms with van der Waals surface area (Å²) in [5, 5.41) is 2.73. The number of aryl methyl sites for hydroxylation is 1. The van der Waals surface area contributed by atoms with Crippen molar-refractivity contribution in [1.29, 1.82) is 0 Å². The lowest BCUT2D eigenvalue weighted by atomic mass is 10.1. The van der Waals surface area contributed by atoms with Crippen LogP contribution < -0.4 is 10.1 Å². The van der Waals surface area contributed by atoms with Gasteiger partial charge in [-0.25, -0.2) is 4.79 Å². The molecule has 0 bridgehead atoms. The molecule has 2 N–H and O–H groups in total. The summed E-state index contributed by atoms with van der Waals surface area (Å²) >= 11 is 0. The number of amides is 1. The van der Waals surface area contributed by atoms with E-state index in [0.717, 1.165) is 17.0 Å². The summed E-state index contributed by atoms with van der Waals surface area (Å²) < 4.78 is 10.3. The Bertz CT molecular complexity index is 710. The molecular weight excluding hydrogens is 284 g/mol. The Morgan fingerprint density at radius 3 is 2.86 bits per heavy atom.